The largest absolute Gasteiger partial charge is 0.379 e. The summed E-state index contributed by atoms with van der Waals surface area (Å²) in [6, 6.07) is 5.86. The zero-order valence-electron chi connectivity index (χ0n) is 14.1. The number of ether oxygens (including phenoxy) is 1. The fourth-order valence-electron chi connectivity index (χ4n) is 2.44. The summed E-state index contributed by atoms with van der Waals surface area (Å²) >= 11 is 0. The zero-order chi connectivity index (χ0) is 17.6. The first-order chi connectivity index (χ1) is 11.4. The van der Waals surface area contributed by atoms with Crippen molar-refractivity contribution >= 4 is 15.9 Å². The van der Waals surface area contributed by atoms with Crippen LogP contribution >= 0.6 is 0 Å². The van der Waals surface area contributed by atoms with Crippen LogP contribution in [0.3, 0.4) is 0 Å². The summed E-state index contributed by atoms with van der Waals surface area (Å²) < 4.78 is 32.1. The number of nitrogens with one attached hydrogen (secondary N) is 2. The minimum Gasteiger partial charge on any atom is -0.379 e. The van der Waals surface area contributed by atoms with E-state index in [0.717, 1.165) is 32.8 Å². The first kappa shape index (κ1) is 18.9. The van der Waals surface area contributed by atoms with Gasteiger partial charge in [-0.05, 0) is 32.0 Å². The van der Waals surface area contributed by atoms with E-state index in [0.29, 0.717) is 12.1 Å². The predicted molar refractivity (Wildman–Crippen MR) is 91.5 cm³/mol. The normalized spacial score (nSPS) is 16.3. The van der Waals surface area contributed by atoms with Crippen molar-refractivity contribution in [3.8, 4) is 0 Å². The van der Waals surface area contributed by atoms with Crippen LogP contribution < -0.4 is 10.0 Å². The molecule has 0 bridgehead atoms. The van der Waals surface area contributed by atoms with Gasteiger partial charge in [0.1, 0.15) is 0 Å². The number of carbonyl (C=O) groups excluding carboxylic acids is 1. The fraction of sp³-hybridized carbons (Fsp3) is 0.562. The number of nitrogens with zero attached hydrogens (tertiary/aromatic N) is 1. The summed E-state index contributed by atoms with van der Waals surface area (Å²) in [6.45, 7) is 7.93. The Balaban J connectivity index is 1.93. The first-order valence-electron chi connectivity index (χ1n) is 8.09. The van der Waals surface area contributed by atoms with Crippen LogP contribution in [0.5, 0.6) is 0 Å². The molecule has 1 aliphatic heterocycles. The van der Waals surface area contributed by atoms with Crippen LogP contribution in [0.25, 0.3) is 0 Å². The van der Waals surface area contributed by atoms with Gasteiger partial charge in [-0.15, -0.1) is 0 Å². The fourth-order valence-corrected chi connectivity index (χ4v) is 3.73. The van der Waals surface area contributed by atoms with E-state index >= 15 is 0 Å². The van der Waals surface area contributed by atoms with Crippen molar-refractivity contribution in [2.24, 2.45) is 0 Å². The minimum absolute atomic E-state index is 0.0945. The number of hydrogen-bond donors (Lipinski definition) is 2. The van der Waals surface area contributed by atoms with Gasteiger partial charge in [-0.1, -0.05) is 6.07 Å². The lowest BCUT2D eigenvalue weighted by molar-refractivity contribution is 0.0383. The van der Waals surface area contributed by atoms with Gasteiger partial charge in [0.15, 0.2) is 0 Å². The molecule has 1 aromatic rings. The van der Waals surface area contributed by atoms with Gasteiger partial charge in [0.05, 0.1) is 18.1 Å². The molecule has 0 spiro atoms. The third kappa shape index (κ3) is 5.55. The quantitative estimate of drug-likeness (QED) is 0.741. The van der Waals surface area contributed by atoms with E-state index in [-0.39, 0.29) is 16.8 Å². The molecule has 8 heteroatoms. The highest BCUT2D eigenvalue weighted by Gasteiger charge is 2.17. The van der Waals surface area contributed by atoms with Crippen molar-refractivity contribution in [1.29, 1.82) is 0 Å². The standard InChI is InChI=1S/C16H25N3O4S/c1-13(2)18-24(21,22)15-5-3-4-14(12-15)16(20)17-6-7-19-8-10-23-11-9-19/h3-5,12-13,18H,6-11H2,1-2H3,(H,17,20). The second kappa shape index (κ2) is 8.57. The number of rotatable bonds is 7. The van der Waals surface area contributed by atoms with Crippen molar-refractivity contribution in [3.63, 3.8) is 0 Å². The number of hydrogen-bond acceptors (Lipinski definition) is 5. The molecular formula is C16H25N3O4S. The molecule has 1 aromatic carbocycles. The Bertz CT molecular complexity index is 655. The Morgan fingerprint density at radius 2 is 2.00 bits per heavy atom. The smallest absolute Gasteiger partial charge is 0.251 e. The monoisotopic (exact) mass is 355 g/mol. The molecule has 0 aromatic heterocycles. The molecule has 2 N–H and O–H groups in total. The van der Waals surface area contributed by atoms with Gasteiger partial charge >= 0.3 is 0 Å². The molecule has 1 heterocycles. The van der Waals surface area contributed by atoms with E-state index < -0.39 is 10.0 Å². The Kier molecular flexibility index (Phi) is 6.73. The highest BCUT2D eigenvalue weighted by Crippen LogP contribution is 2.12. The molecule has 1 saturated heterocycles. The summed E-state index contributed by atoms with van der Waals surface area (Å²) in [7, 11) is -3.61. The lowest BCUT2D eigenvalue weighted by Crippen LogP contribution is -2.41. The molecule has 24 heavy (non-hydrogen) atoms. The number of amides is 1. The second-order valence-corrected chi connectivity index (χ2v) is 7.73. The van der Waals surface area contributed by atoms with Crippen LogP contribution in [0.4, 0.5) is 0 Å². The molecule has 0 atom stereocenters. The van der Waals surface area contributed by atoms with Crippen LogP contribution in [0.1, 0.15) is 24.2 Å². The molecule has 0 aliphatic carbocycles. The molecule has 134 valence electrons. The Morgan fingerprint density at radius 1 is 1.29 bits per heavy atom. The van der Waals surface area contributed by atoms with Gasteiger partial charge < -0.3 is 10.1 Å². The first-order valence-corrected chi connectivity index (χ1v) is 9.57. The molecule has 0 saturated carbocycles. The zero-order valence-corrected chi connectivity index (χ0v) is 14.9. The summed E-state index contributed by atoms with van der Waals surface area (Å²) in [5.74, 6) is -0.273. The van der Waals surface area contributed by atoms with Gasteiger partial charge in [-0.2, -0.15) is 0 Å². The Labute approximate surface area is 143 Å². The maximum absolute atomic E-state index is 12.2. The molecule has 1 amide bonds. The topological polar surface area (TPSA) is 87.7 Å². The molecule has 1 fully saturated rings. The highest BCUT2D eigenvalue weighted by atomic mass is 32.2. The van der Waals surface area contributed by atoms with E-state index in [1.807, 2.05) is 0 Å². The number of carbonyl (C=O) groups is 1. The molecular weight excluding hydrogens is 330 g/mol. The average Bonchev–Trinajstić information content (AvgIpc) is 2.55. The van der Waals surface area contributed by atoms with Gasteiger partial charge in [0.2, 0.25) is 10.0 Å². The van der Waals surface area contributed by atoms with Crippen LogP contribution in [0.2, 0.25) is 0 Å². The molecule has 0 radical (unpaired) electrons. The van der Waals surface area contributed by atoms with E-state index in [9.17, 15) is 13.2 Å². The van der Waals surface area contributed by atoms with Crippen LogP contribution in [-0.4, -0.2) is 64.7 Å². The van der Waals surface area contributed by atoms with Crippen molar-refractivity contribution in [2.45, 2.75) is 24.8 Å². The van der Waals surface area contributed by atoms with Crippen molar-refractivity contribution < 1.29 is 17.9 Å². The SMILES string of the molecule is CC(C)NS(=O)(=O)c1cccc(C(=O)NCCN2CCOCC2)c1. The molecule has 0 unspecified atom stereocenters. The van der Waals surface area contributed by atoms with Crippen molar-refractivity contribution in [3.05, 3.63) is 29.8 Å². The van der Waals surface area contributed by atoms with E-state index in [2.05, 4.69) is 14.9 Å². The van der Waals surface area contributed by atoms with Gasteiger partial charge in [-0.25, -0.2) is 13.1 Å². The van der Waals surface area contributed by atoms with Crippen LogP contribution in [-0.2, 0) is 14.8 Å². The Morgan fingerprint density at radius 3 is 2.67 bits per heavy atom. The lowest BCUT2D eigenvalue weighted by Gasteiger charge is -2.26. The summed E-state index contributed by atoms with van der Waals surface area (Å²) in [4.78, 5) is 14.5. The third-order valence-electron chi connectivity index (χ3n) is 3.61. The van der Waals surface area contributed by atoms with Crippen LogP contribution in [0.15, 0.2) is 29.2 Å². The number of morpholine rings is 1. The molecule has 7 nitrogen and oxygen atoms in total. The minimum atomic E-state index is -3.61. The van der Waals surface area contributed by atoms with Crippen LogP contribution in [0, 0.1) is 0 Å². The molecule has 2 rings (SSSR count). The van der Waals surface area contributed by atoms with Gasteiger partial charge in [0.25, 0.3) is 5.91 Å². The van der Waals surface area contributed by atoms with Gasteiger partial charge in [-0.3, -0.25) is 9.69 Å². The maximum atomic E-state index is 12.2. The lowest BCUT2D eigenvalue weighted by atomic mass is 10.2. The highest BCUT2D eigenvalue weighted by molar-refractivity contribution is 7.89. The van der Waals surface area contributed by atoms with Gasteiger partial charge in [0, 0.05) is 37.8 Å². The average molecular weight is 355 g/mol. The summed E-state index contributed by atoms with van der Waals surface area (Å²) in [5.41, 5.74) is 0.337. The van der Waals surface area contributed by atoms with Crippen molar-refractivity contribution in [2.75, 3.05) is 39.4 Å². The third-order valence-corrected chi connectivity index (χ3v) is 5.27. The predicted octanol–water partition coefficient (Wildman–Crippen LogP) is 0.435. The molecule has 1 aliphatic rings. The van der Waals surface area contributed by atoms with Crippen molar-refractivity contribution in [1.82, 2.24) is 14.9 Å². The van der Waals surface area contributed by atoms with E-state index in [1.54, 1.807) is 26.0 Å². The van der Waals surface area contributed by atoms with E-state index in [4.69, 9.17) is 4.74 Å². The van der Waals surface area contributed by atoms with E-state index in [1.165, 1.54) is 12.1 Å². The summed E-state index contributed by atoms with van der Waals surface area (Å²) in [5, 5.41) is 2.83. The summed E-state index contributed by atoms with van der Waals surface area (Å²) in [6.07, 6.45) is 0. The Hall–Kier alpha value is -1.48. The maximum Gasteiger partial charge on any atom is 0.251 e. The second-order valence-electron chi connectivity index (χ2n) is 6.01. The number of sulfonamides is 1. The number of benzene rings is 1.